The number of methoxy groups -OCH3 is 1. The van der Waals surface area contributed by atoms with Crippen molar-refractivity contribution in [3.8, 4) is 0 Å². The number of amides is 2. The second-order valence-corrected chi connectivity index (χ2v) is 5.96. The van der Waals surface area contributed by atoms with E-state index in [0.29, 0.717) is 49.8 Å². The Bertz CT molecular complexity index is 534. The molecule has 23 heavy (non-hydrogen) atoms. The standard InChI is InChI=1S/C15H21BrN2O5/c1-21-9-10-22-11-14(19)17-5-2-6-18(8-7-17)15(20)12-3-4-13(16)23-12/h3-4H,2,5-11H2,1H3. The van der Waals surface area contributed by atoms with E-state index in [1.807, 2.05) is 0 Å². The van der Waals surface area contributed by atoms with Crippen LogP contribution in [0.1, 0.15) is 17.0 Å². The number of halogens is 1. The van der Waals surface area contributed by atoms with Crippen LogP contribution in [0.5, 0.6) is 0 Å². The second-order valence-electron chi connectivity index (χ2n) is 5.18. The smallest absolute Gasteiger partial charge is 0.289 e. The van der Waals surface area contributed by atoms with E-state index in [2.05, 4.69) is 15.9 Å². The minimum absolute atomic E-state index is 0.0441. The molecule has 1 fully saturated rings. The Morgan fingerprint density at radius 1 is 1.17 bits per heavy atom. The van der Waals surface area contributed by atoms with E-state index in [1.165, 1.54) is 0 Å². The molecule has 0 bridgehead atoms. The Labute approximate surface area is 143 Å². The summed E-state index contributed by atoms with van der Waals surface area (Å²) in [6.45, 7) is 3.12. The molecular weight excluding hydrogens is 368 g/mol. The summed E-state index contributed by atoms with van der Waals surface area (Å²) in [5.74, 6) is 0.0945. The molecule has 128 valence electrons. The van der Waals surface area contributed by atoms with Crippen LogP contribution in [0.25, 0.3) is 0 Å². The maximum Gasteiger partial charge on any atom is 0.289 e. The van der Waals surface area contributed by atoms with Crippen LogP contribution in [-0.4, -0.2) is 74.7 Å². The number of hydrogen-bond donors (Lipinski definition) is 0. The number of ether oxygens (including phenoxy) is 2. The van der Waals surface area contributed by atoms with Gasteiger partial charge in [0, 0.05) is 33.3 Å². The van der Waals surface area contributed by atoms with Crippen molar-refractivity contribution >= 4 is 27.7 Å². The van der Waals surface area contributed by atoms with Gasteiger partial charge in [-0.3, -0.25) is 9.59 Å². The maximum absolute atomic E-state index is 12.4. The van der Waals surface area contributed by atoms with Gasteiger partial charge in [-0.15, -0.1) is 0 Å². The van der Waals surface area contributed by atoms with Crippen LogP contribution < -0.4 is 0 Å². The molecule has 0 saturated carbocycles. The normalized spacial score (nSPS) is 15.6. The molecule has 0 atom stereocenters. The summed E-state index contributed by atoms with van der Waals surface area (Å²) in [4.78, 5) is 27.9. The zero-order chi connectivity index (χ0) is 16.7. The van der Waals surface area contributed by atoms with Crippen LogP contribution in [0.15, 0.2) is 21.2 Å². The Morgan fingerprint density at radius 2 is 1.91 bits per heavy atom. The lowest BCUT2D eigenvalue weighted by Crippen LogP contribution is -2.38. The molecule has 2 rings (SSSR count). The zero-order valence-corrected chi connectivity index (χ0v) is 14.7. The molecule has 1 aromatic rings. The van der Waals surface area contributed by atoms with Gasteiger partial charge in [0.1, 0.15) is 6.61 Å². The van der Waals surface area contributed by atoms with Gasteiger partial charge in [-0.1, -0.05) is 0 Å². The van der Waals surface area contributed by atoms with Gasteiger partial charge in [0.15, 0.2) is 10.4 Å². The summed E-state index contributed by atoms with van der Waals surface area (Å²) in [7, 11) is 1.59. The molecule has 0 aromatic carbocycles. The lowest BCUT2D eigenvalue weighted by atomic mass is 10.3. The monoisotopic (exact) mass is 388 g/mol. The lowest BCUT2D eigenvalue weighted by molar-refractivity contribution is -0.136. The van der Waals surface area contributed by atoms with E-state index >= 15 is 0 Å². The fourth-order valence-electron chi connectivity index (χ4n) is 2.35. The Balaban J connectivity index is 1.82. The molecule has 2 heterocycles. The van der Waals surface area contributed by atoms with Crippen LogP contribution in [-0.2, 0) is 14.3 Å². The third-order valence-electron chi connectivity index (χ3n) is 3.58. The van der Waals surface area contributed by atoms with Crippen molar-refractivity contribution in [1.29, 1.82) is 0 Å². The van der Waals surface area contributed by atoms with Crippen molar-refractivity contribution in [3.05, 3.63) is 22.6 Å². The fourth-order valence-corrected chi connectivity index (χ4v) is 2.65. The average Bonchev–Trinajstić information content (AvgIpc) is 2.83. The number of nitrogens with zero attached hydrogens (tertiary/aromatic N) is 2. The quantitative estimate of drug-likeness (QED) is 0.688. The molecule has 0 aliphatic carbocycles. The first-order valence-corrected chi connectivity index (χ1v) is 8.30. The number of furan rings is 1. The van der Waals surface area contributed by atoms with Gasteiger partial charge in [0.2, 0.25) is 5.91 Å². The van der Waals surface area contributed by atoms with Gasteiger partial charge in [-0.25, -0.2) is 0 Å². The summed E-state index contributed by atoms with van der Waals surface area (Å²) in [6, 6.07) is 3.34. The SMILES string of the molecule is COCCOCC(=O)N1CCCN(C(=O)c2ccc(Br)o2)CC1. The van der Waals surface area contributed by atoms with Gasteiger partial charge in [0.25, 0.3) is 5.91 Å². The van der Waals surface area contributed by atoms with Crippen LogP contribution in [0.3, 0.4) is 0 Å². The van der Waals surface area contributed by atoms with E-state index in [0.717, 1.165) is 6.42 Å². The minimum atomic E-state index is -0.152. The first kappa shape index (κ1) is 18.0. The molecule has 7 nitrogen and oxygen atoms in total. The molecule has 1 saturated heterocycles. The number of hydrogen-bond acceptors (Lipinski definition) is 5. The Morgan fingerprint density at radius 3 is 2.61 bits per heavy atom. The van der Waals surface area contributed by atoms with Gasteiger partial charge in [-0.05, 0) is 34.5 Å². The fraction of sp³-hybridized carbons (Fsp3) is 0.600. The van der Waals surface area contributed by atoms with Crippen molar-refractivity contribution in [2.45, 2.75) is 6.42 Å². The van der Waals surface area contributed by atoms with Crippen molar-refractivity contribution in [3.63, 3.8) is 0 Å². The van der Waals surface area contributed by atoms with E-state index < -0.39 is 0 Å². The first-order valence-electron chi connectivity index (χ1n) is 7.51. The highest BCUT2D eigenvalue weighted by Crippen LogP contribution is 2.16. The number of carbonyl (C=O) groups excluding carboxylic acids is 2. The lowest BCUT2D eigenvalue weighted by Gasteiger charge is -2.21. The molecule has 1 aliphatic heterocycles. The summed E-state index contributed by atoms with van der Waals surface area (Å²) < 4.78 is 16.0. The predicted molar refractivity (Wildman–Crippen MR) is 86.2 cm³/mol. The molecule has 2 amide bonds. The molecule has 8 heteroatoms. The summed E-state index contributed by atoms with van der Waals surface area (Å²) >= 11 is 3.19. The Kier molecular flexibility index (Phi) is 7.07. The highest BCUT2D eigenvalue weighted by atomic mass is 79.9. The van der Waals surface area contributed by atoms with E-state index in [1.54, 1.807) is 29.0 Å². The first-order chi connectivity index (χ1) is 11.1. The second kappa shape index (κ2) is 9.05. The highest BCUT2D eigenvalue weighted by molar-refractivity contribution is 9.10. The molecule has 1 aliphatic rings. The minimum Gasteiger partial charge on any atom is -0.444 e. The average molecular weight is 389 g/mol. The molecule has 1 aromatic heterocycles. The third kappa shape index (κ3) is 5.33. The van der Waals surface area contributed by atoms with Crippen molar-refractivity contribution in [1.82, 2.24) is 9.80 Å². The van der Waals surface area contributed by atoms with Gasteiger partial charge < -0.3 is 23.7 Å². The van der Waals surface area contributed by atoms with E-state index in [-0.39, 0.29) is 18.4 Å². The van der Waals surface area contributed by atoms with Crippen LogP contribution >= 0.6 is 15.9 Å². The third-order valence-corrected chi connectivity index (χ3v) is 4.00. The Hall–Kier alpha value is -1.38. The van der Waals surface area contributed by atoms with Crippen LogP contribution in [0.4, 0.5) is 0 Å². The van der Waals surface area contributed by atoms with Crippen molar-refractivity contribution < 1.29 is 23.5 Å². The van der Waals surface area contributed by atoms with Crippen LogP contribution in [0, 0.1) is 0 Å². The summed E-state index contributed by atoms with van der Waals surface area (Å²) in [6.07, 6.45) is 0.734. The van der Waals surface area contributed by atoms with Gasteiger partial charge >= 0.3 is 0 Å². The predicted octanol–water partition coefficient (Wildman–Crippen LogP) is 1.38. The van der Waals surface area contributed by atoms with Crippen LogP contribution in [0.2, 0.25) is 0 Å². The van der Waals surface area contributed by atoms with Crippen molar-refractivity contribution in [2.24, 2.45) is 0 Å². The highest BCUT2D eigenvalue weighted by Gasteiger charge is 2.24. The molecule has 0 spiro atoms. The maximum atomic E-state index is 12.4. The molecule has 0 N–H and O–H groups in total. The van der Waals surface area contributed by atoms with Gasteiger partial charge in [-0.2, -0.15) is 0 Å². The van der Waals surface area contributed by atoms with Crippen molar-refractivity contribution in [2.75, 3.05) is 53.1 Å². The number of carbonyl (C=O) groups is 2. The summed E-state index contributed by atoms with van der Waals surface area (Å²) in [5, 5.41) is 0. The largest absolute Gasteiger partial charge is 0.444 e. The van der Waals surface area contributed by atoms with E-state index in [9.17, 15) is 9.59 Å². The molecular formula is C15H21BrN2O5. The van der Waals surface area contributed by atoms with Gasteiger partial charge in [0.05, 0.1) is 13.2 Å². The topological polar surface area (TPSA) is 72.2 Å². The zero-order valence-electron chi connectivity index (χ0n) is 13.1. The van der Waals surface area contributed by atoms with E-state index in [4.69, 9.17) is 13.9 Å². The molecule has 0 unspecified atom stereocenters. The molecule has 0 radical (unpaired) electrons. The summed E-state index contributed by atoms with van der Waals surface area (Å²) in [5.41, 5.74) is 0. The number of rotatable bonds is 6.